The molecule has 1 aliphatic rings. The summed E-state index contributed by atoms with van der Waals surface area (Å²) in [6, 6.07) is 5.81. The summed E-state index contributed by atoms with van der Waals surface area (Å²) in [6.45, 7) is 2.43. The number of fused-ring (bicyclic) bond motifs is 1. The van der Waals surface area contributed by atoms with Gasteiger partial charge in [-0.3, -0.25) is 9.97 Å². The molecule has 148 valence electrons. The third kappa shape index (κ3) is 3.78. The molecule has 0 N–H and O–H groups in total. The van der Waals surface area contributed by atoms with E-state index in [1.807, 2.05) is 25.2 Å². The minimum atomic E-state index is -3.61. The van der Waals surface area contributed by atoms with E-state index in [4.69, 9.17) is 0 Å². The molecule has 3 aromatic heterocycles. The van der Waals surface area contributed by atoms with Gasteiger partial charge in [-0.05, 0) is 43.1 Å². The minimum absolute atomic E-state index is 0.106. The zero-order chi connectivity index (χ0) is 19.7. The van der Waals surface area contributed by atoms with Gasteiger partial charge in [0.1, 0.15) is 0 Å². The first-order chi connectivity index (χ1) is 13.4. The summed E-state index contributed by atoms with van der Waals surface area (Å²) in [5.41, 5.74) is 2.84. The summed E-state index contributed by atoms with van der Waals surface area (Å²) in [5, 5.41) is 0.106. The first-order valence-electron chi connectivity index (χ1n) is 9.29. The van der Waals surface area contributed by atoms with Gasteiger partial charge in [0.15, 0.2) is 5.03 Å². The smallest absolute Gasteiger partial charge is 0.262 e. The molecule has 1 aliphatic heterocycles. The Morgan fingerprint density at radius 1 is 1.07 bits per heavy atom. The molecule has 1 fully saturated rings. The molecule has 0 aliphatic carbocycles. The largest absolute Gasteiger partial charge is 0.339 e. The van der Waals surface area contributed by atoms with Gasteiger partial charge in [-0.1, -0.05) is 0 Å². The molecule has 4 heterocycles. The van der Waals surface area contributed by atoms with E-state index in [9.17, 15) is 8.42 Å². The molecule has 0 saturated carbocycles. The fraction of sp³-hybridized carbons (Fsp3) is 0.421. The number of hydrogen-bond donors (Lipinski definition) is 0. The monoisotopic (exact) mass is 400 g/mol. The van der Waals surface area contributed by atoms with Crippen molar-refractivity contribution in [2.24, 2.45) is 13.0 Å². The molecule has 4 rings (SSSR count). The van der Waals surface area contributed by atoms with E-state index < -0.39 is 10.0 Å². The van der Waals surface area contributed by atoms with Crippen molar-refractivity contribution in [3.8, 4) is 0 Å². The predicted octanol–water partition coefficient (Wildman–Crippen LogP) is 1.16. The zero-order valence-electron chi connectivity index (χ0n) is 16.1. The number of imidazole rings is 1. The lowest BCUT2D eigenvalue weighted by Gasteiger charge is -2.23. The number of aromatic nitrogens is 4. The summed E-state index contributed by atoms with van der Waals surface area (Å²) >= 11 is 0. The first kappa shape index (κ1) is 19.0. The van der Waals surface area contributed by atoms with Crippen molar-refractivity contribution in [2.75, 3.05) is 33.2 Å². The molecule has 1 unspecified atom stereocenters. The molecule has 8 nitrogen and oxygen atoms in total. The Bertz CT molecular complexity index is 1080. The third-order valence-electron chi connectivity index (χ3n) is 5.14. The maximum atomic E-state index is 13.1. The Morgan fingerprint density at radius 2 is 1.93 bits per heavy atom. The molecule has 0 spiro atoms. The van der Waals surface area contributed by atoms with Gasteiger partial charge in [0.2, 0.25) is 0 Å². The fourth-order valence-corrected chi connectivity index (χ4v) is 5.24. The summed E-state index contributed by atoms with van der Waals surface area (Å²) in [6.07, 6.45) is 7.38. The minimum Gasteiger partial charge on any atom is -0.339 e. The quantitative estimate of drug-likeness (QED) is 0.653. The highest BCUT2D eigenvalue weighted by atomic mass is 32.2. The van der Waals surface area contributed by atoms with Crippen molar-refractivity contribution in [3.63, 3.8) is 0 Å². The van der Waals surface area contributed by atoms with Crippen LogP contribution in [0.2, 0.25) is 0 Å². The second-order valence-corrected chi connectivity index (χ2v) is 9.30. The molecule has 28 heavy (non-hydrogen) atoms. The molecule has 0 radical (unpaired) electrons. The summed E-state index contributed by atoms with van der Waals surface area (Å²) in [5.74, 6) is 0.151. The van der Waals surface area contributed by atoms with Crippen molar-refractivity contribution in [3.05, 3.63) is 48.7 Å². The van der Waals surface area contributed by atoms with Crippen molar-refractivity contribution < 1.29 is 8.42 Å². The van der Waals surface area contributed by atoms with E-state index in [1.54, 1.807) is 34.5 Å². The lowest BCUT2D eigenvalue weighted by atomic mass is 9.98. The van der Waals surface area contributed by atoms with Crippen LogP contribution in [0.4, 0.5) is 0 Å². The maximum absolute atomic E-state index is 13.1. The second-order valence-electron chi connectivity index (χ2n) is 7.41. The highest BCUT2D eigenvalue weighted by molar-refractivity contribution is 7.89. The number of likely N-dealkylation sites (N-methyl/N-ethyl adjacent to an activating group) is 1. The van der Waals surface area contributed by atoms with Gasteiger partial charge in [-0.25, -0.2) is 13.4 Å². The lowest BCUT2D eigenvalue weighted by molar-refractivity contribution is 0.308. The molecule has 0 bridgehead atoms. The van der Waals surface area contributed by atoms with E-state index in [0.717, 1.165) is 29.6 Å². The van der Waals surface area contributed by atoms with Gasteiger partial charge in [0, 0.05) is 51.8 Å². The third-order valence-corrected chi connectivity index (χ3v) is 6.89. The molecule has 1 atom stereocenters. The van der Waals surface area contributed by atoms with Crippen LogP contribution in [0.3, 0.4) is 0 Å². The van der Waals surface area contributed by atoms with Gasteiger partial charge >= 0.3 is 0 Å². The highest BCUT2D eigenvalue weighted by Gasteiger charge is 2.32. The topological polar surface area (TPSA) is 84.2 Å². The van der Waals surface area contributed by atoms with Gasteiger partial charge in [-0.15, -0.1) is 0 Å². The van der Waals surface area contributed by atoms with Crippen LogP contribution in [0.5, 0.6) is 0 Å². The SMILES string of the molecule is CN1CCN(S(=O)(=O)c2cn(C)cn2)CC(Cc2ccnc3cccnc23)C1. The van der Waals surface area contributed by atoms with Crippen molar-refractivity contribution in [1.82, 2.24) is 28.7 Å². The van der Waals surface area contributed by atoms with Crippen LogP contribution < -0.4 is 0 Å². The standard InChI is InChI=1S/C19H24N6O2S/c1-23-8-9-25(28(26,27)18-13-24(2)14-22-18)12-15(11-23)10-16-5-7-20-17-4-3-6-21-19(16)17/h3-7,13-15H,8-12H2,1-2H3. The van der Waals surface area contributed by atoms with Gasteiger partial charge in [0.25, 0.3) is 10.0 Å². The van der Waals surface area contributed by atoms with Crippen LogP contribution >= 0.6 is 0 Å². The molecule has 3 aromatic rings. The van der Waals surface area contributed by atoms with Crippen LogP contribution in [-0.4, -0.2) is 70.4 Å². The molecular weight excluding hydrogens is 376 g/mol. The molecule has 0 amide bonds. The molecule has 0 aromatic carbocycles. The van der Waals surface area contributed by atoms with Crippen molar-refractivity contribution >= 4 is 21.1 Å². The second kappa shape index (κ2) is 7.57. The average molecular weight is 401 g/mol. The summed E-state index contributed by atoms with van der Waals surface area (Å²) in [4.78, 5) is 15.1. The Hall–Kier alpha value is -2.36. The van der Waals surface area contributed by atoms with E-state index >= 15 is 0 Å². The van der Waals surface area contributed by atoms with E-state index in [-0.39, 0.29) is 10.9 Å². The van der Waals surface area contributed by atoms with Crippen molar-refractivity contribution in [2.45, 2.75) is 11.4 Å². The summed E-state index contributed by atoms with van der Waals surface area (Å²) in [7, 11) is 0.196. The number of pyridine rings is 2. The number of aryl methyl sites for hydroxylation is 1. The van der Waals surface area contributed by atoms with Crippen LogP contribution in [0.15, 0.2) is 48.1 Å². The Balaban J connectivity index is 1.61. The van der Waals surface area contributed by atoms with Gasteiger partial charge in [-0.2, -0.15) is 4.31 Å². The first-order valence-corrected chi connectivity index (χ1v) is 10.7. The molecule has 1 saturated heterocycles. The summed E-state index contributed by atoms with van der Waals surface area (Å²) < 4.78 is 29.4. The molecular formula is C19H24N6O2S. The van der Waals surface area contributed by atoms with Gasteiger partial charge in [0.05, 0.1) is 17.4 Å². The fourth-order valence-electron chi connectivity index (χ4n) is 3.76. The predicted molar refractivity (Wildman–Crippen MR) is 106 cm³/mol. The van der Waals surface area contributed by atoms with Crippen LogP contribution in [0, 0.1) is 5.92 Å². The number of hydrogen-bond acceptors (Lipinski definition) is 6. The molecule has 9 heteroatoms. The number of rotatable bonds is 4. The Morgan fingerprint density at radius 3 is 2.71 bits per heavy atom. The Kier molecular flexibility index (Phi) is 5.13. The normalized spacial score (nSPS) is 19.7. The number of sulfonamides is 1. The number of nitrogens with zero attached hydrogens (tertiary/aromatic N) is 6. The van der Waals surface area contributed by atoms with Gasteiger partial charge < -0.3 is 9.47 Å². The van der Waals surface area contributed by atoms with Crippen molar-refractivity contribution in [1.29, 1.82) is 0 Å². The van der Waals surface area contributed by atoms with Crippen LogP contribution in [0.1, 0.15) is 5.56 Å². The average Bonchev–Trinajstić information content (AvgIpc) is 3.03. The van der Waals surface area contributed by atoms with Crippen LogP contribution in [0.25, 0.3) is 11.0 Å². The van der Waals surface area contributed by atoms with E-state index in [0.29, 0.717) is 19.6 Å². The maximum Gasteiger partial charge on any atom is 0.262 e. The van der Waals surface area contributed by atoms with E-state index in [1.165, 1.54) is 6.33 Å². The lowest BCUT2D eigenvalue weighted by Crippen LogP contribution is -2.36. The zero-order valence-corrected chi connectivity index (χ0v) is 16.9. The van der Waals surface area contributed by atoms with E-state index in [2.05, 4.69) is 19.9 Å². The highest BCUT2D eigenvalue weighted by Crippen LogP contribution is 2.23. The van der Waals surface area contributed by atoms with Crippen LogP contribution in [-0.2, 0) is 23.5 Å². The Labute approximate surface area is 164 Å².